The number of nitrogens with two attached hydrogens (primary N) is 1. The monoisotopic (exact) mass is 284 g/mol. The van der Waals surface area contributed by atoms with Crippen LogP contribution in [0.1, 0.15) is 12.8 Å². The van der Waals surface area contributed by atoms with Gasteiger partial charge in [0.2, 0.25) is 0 Å². The highest BCUT2D eigenvalue weighted by molar-refractivity contribution is 5.60. The van der Waals surface area contributed by atoms with Gasteiger partial charge in [-0.1, -0.05) is 30.3 Å². The molecule has 2 aromatic rings. The summed E-state index contributed by atoms with van der Waals surface area (Å²) in [6.45, 7) is 2.07. The van der Waals surface area contributed by atoms with Crippen LogP contribution in [-0.2, 0) is 0 Å². The van der Waals surface area contributed by atoms with Crippen LogP contribution in [-0.4, -0.2) is 34.8 Å². The van der Waals surface area contributed by atoms with Gasteiger partial charge in [0.15, 0.2) is 5.82 Å². The third-order valence-electron chi connectivity index (χ3n) is 3.96. The quantitative estimate of drug-likeness (QED) is 0.901. The molecule has 0 radical (unpaired) electrons. The van der Waals surface area contributed by atoms with Crippen LogP contribution in [0.15, 0.2) is 36.4 Å². The minimum atomic E-state index is 0.273. The molecule has 0 bridgehead atoms. The number of hydrogen-bond acceptors (Lipinski definition) is 5. The lowest BCUT2D eigenvalue weighted by Gasteiger charge is -2.32. The number of aliphatic hydroxyl groups excluding tert-OH is 1. The number of aromatic nitrogens is 2. The van der Waals surface area contributed by atoms with E-state index in [2.05, 4.69) is 14.9 Å². The predicted octanol–water partition coefficient (Wildman–Crippen LogP) is 1.93. The average Bonchev–Trinajstić information content (AvgIpc) is 2.55. The van der Waals surface area contributed by atoms with Gasteiger partial charge in [0, 0.05) is 31.3 Å². The van der Waals surface area contributed by atoms with Crippen LogP contribution in [0.4, 0.5) is 11.6 Å². The van der Waals surface area contributed by atoms with Gasteiger partial charge in [-0.15, -0.1) is 0 Å². The first-order valence-electron chi connectivity index (χ1n) is 7.32. The van der Waals surface area contributed by atoms with Crippen LogP contribution in [0, 0.1) is 5.92 Å². The lowest BCUT2D eigenvalue weighted by atomic mass is 9.98. The summed E-state index contributed by atoms with van der Waals surface area (Å²) < 4.78 is 0. The van der Waals surface area contributed by atoms with Gasteiger partial charge < -0.3 is 15.7 Å². The van der Waals surface area contributed by atoms with Crippen molar-refractivity contribution in [2.45, 2.75) is 12.8 Å². The molecule has 1 aliphatic heterocycles. The van der Waals surface area contributed by atoms with Crippen LogP contribution in [0.5, 0.6) is 0 Å². The SMILES string of the molecule is Nc1cc(N2CCC(CO)CC2)nc(-c2ccccc2)n1. The van der Waals surface area contributed by atoms with Crippen LogP contribution < -0.4 is 10.6 Å². The third-order valence-corrected chi connectivity index (χ3v) is 3.96. The fourth-order valence-corrected chi connectivity index (χ4v) is 2.68. The third kappa shape index (κ3) is 3.13. The molecule has 0 unspecified atom stereocenters. The van der Waals surface area contributed by atoms with Crippen molar-refractivity contribution >= 4 is 11.6 Å². The molecule has 1 fully saturated rings. The van der Waals surface area contributed by atoms with E-state index in [4.69, 9.17) is 5.73 Å². The van der Waals surface area contributed by atoms with Gasteiger partial charge in [-0.3, -0.25) is 0 Å². The Balaban J connectivity index is 1.85. The topological polar surface area (TPSA) is 75.3 Å². The molecular weight excluding hydrogens is 264 g/mol. The van der Waals surface area contributed by atoms with Crippen molar-refractivity contribution in [2.75, 3.05) is 30.3 Å². The van der Waals surface area contributed by atoms with Crippen LogP contribution in [0.25, 0.3) is 11.4 Å². The van der Waals surface area contributed by atoms with E-state index in [0.717, 1.165) is 37.3 Å². The number of hydrogen-bond donors (Lipinski definition) is 2. The zero-order valence-electron chi connectivity index (χ0n) is 11.9. The highest BCUT2D eigenvalue weighted by atomic mass is 16.3. The molecule has 1 saturated heterocycles. The number of rotatable bonds is 3. The lowest BCUT2D eigenvalue weighted by Crippen LogP contribution is -2.35. The number of anilines is 2. The van der Waals surface area contributed by atoms with Crippen molar-refractivity contribution < 1.29 is 5.11 Å². The molecule has 2 heterocycles. The summed E-state index contributed by atoms with van der Waals surface area (Å²) in [5.74, 6) is 2.43. The number of nitrogen functional groups attached to an aromatic ring is 1. The van der Waals surface area contributed by atoms with E-state index >= 15 is 0 Å². The van der Waals surface area contributed by atoms with Crippen molar-refractivity contribution in [1.29, 1.82) is 0 Å². The Hall–Kier alpha value is -2.14. The molecule has 0 saturated carbocycles. The van der Waals surface area contributed by atoms with Gasteiger partial charge >= 0.3 is 0 Å². The van der Waals surface area contributed by atoms with Crippen LogP contribution in [0.3, 0.4) is 0 Å². The van der Waals surface area contributed by atoms with E-state index in [-0.39, 0.29) is 6.61 Å². The lowest BCUT2D eigenvalue weighted by molar-refractivity contribution is 0.203. The van der Waals surface area contributed by atoms with Crippen molar-refractivity contribution in [2.24, 2.45) is 5.92 Å². The maximum atomic E-state index is 9.22. The Kier molecular flexibility index (Phi) is 4.01. The van der Waals surface area contributed by atoms with Crippen molar-refractivity contribution in [3.8, 4) is 11.4 Å². The van der Waals surface area contributed by atoms with E-state index in [1.54, 1.807) is 0 Å². The molecule has 0 spiro atoms. The molecule has 110 valence electrons. The molecule has 3 N–H and O–H groups in total. The summed E-state index contributed by atoms with van der Waals surface area (Å²) in [7, 11) is 0. The first-order chi connectivity index (χ1) is 10.3. The molecule has 1 aromatic carbocycles. The Morgan fingerprint density at radius 2 is 1.86 bits per heavy atom. The minimum Gasteiger partial charge on any atom is -0.396 e. The van der Waals surface area contributed by atoms with Gasteiger partial charge in [-0.05, 0) is 18.8 Å². The van der Waals surface area contributed by atoms with E-state index in [1.807, 2.05) is 36.4 Å². The van der Waals surface area contributed by atoms with Crippen LogP contribution >= 0.6 is 0 Å². The summed E-state index contributed by atoms with van der Waals surface area (Å²) in [6.07, 6.45) is 1.97. The number of nitrogens with zero attached hydrogens (tertiary/aromatic N) is 3. The number of aliphatic hydroxyl groups is 1. The van der Waals surface area contributed by atoms with Crippen molar-refractivity contribution in [3.05, 3.63) is 36.4 Å². The smallest absolute Gasteiger partial charge is 0.163 e. The van der Waals surface area contributed by atoms with Crippen LogP contribution in [0.2, 0.25) is 0 Å². The molecule has 5 heteroatoms. The minimum absolute atomic E-state index is 0.273. The summed E-state index contributed by atoms with van der Waals surface area (Å²) in [5, 5.41) is 9.22. The molecule has 1 aliphatic rings. The Morgan fingerprint density at radius 3 is 2.52 bits per heavy atom. The van der Waals surface area contributed by atoms with E-state index in [0.29, 0.717) is 17.6 Å². The number of benzene rings is 1. The largest absolute Gasteiger partial charge is 0.396 e. The normalized spacial score (nSPS) is 16.1. The highest BCUT2D eigenvalue weighted by Gasteiger charge is 2.20. The highest BCUT2D eigenvalue weighted by Crippen LogP contribution is 2.25. The second-order valence-corrected chi connectivity index (χ2v) is 5.45. The molecule has 0 amide bonds. The Labute approximate surface area is 124 Å². The second kappa shape index (κ2) is 6.10. The molecule has 0 aliphatic carbocycles. The zero-order valence-corrected chi connectivity index (χ0v) is 11.9. The molecule has 0 atom stereocenters. The first-order valence-corrected chi connectivity index (χ1v) is 7.32. The van der Waals surface area contributed by atoms with Gasteiger partial charge in [0.05, 0.1) is 0 Å². The molecular formula is C16H20N4O. The maximum Gasteiger partial charge on any atom is 0.163 e. The molecule has 3 rings (SSSR count). The first kappa shape index (κ1) is 13.8. The molecule has 21 heavy (non-hydrogen) atoms. The van der Waals surface area contributed by atoms with E-state index < -0.39 is 0 Å². The standard InChI is InChI=1S/C16H20N4O/c17-14-10-15(20-8-6-12(11-21)7-9-20)19-16(18-14)13-4-2-1-3-5-13/h1-5,10,12,21H,6-9,11H2,(H2,17,18,19). The fourth-order valence-electron chi connectivity index (χ4n) is 2.68. The van der Waals surface area contributed by atoms with Gasteiger partial charge in [-0.25, -0.2) is 9.97 Å². The van der Waals surface area contributed by atoms with E-state index in [1.165, 1.54) is 0 Å². The predicted molar refractivity (Wildman–Crippen MR) is 83.9 cm³/mol. The van der Waals surface area contributed by atoms with E-state index in [9.17, 15) is 5.11 Å². The zero-order chi connectivity index (χ0) is 14.7. The van der Waals surface area contributed by atoms with Crippen molar-refractivity contribution in [3.63, 3.8) is 0 Å². The number of piperidine rings is 1. The van der Waals surface area contributed by atoms with Gasteiger partial charge in [-0.2, -0.15) is 0 Å². The van der Waals surface area contributed by atoms with Gasteiger partial charge in [0.25, 0.3) is 0 Å². The Bertz CT molecular complexity index is 594. The summed E-state index contributed by atoms with van der Waals surface area (Å²) in [4.78, 5) is 11.2. The Morgan fingerprint density at radius 1 is 1.14 bits per heavy atom. The summed E-state index contributed by atoms with van der Waals surface area (Å²) in [5.41, 5.74) is 6.91. The van der Waals surface area contributed by atoms with Gasteiger partial charge in [0.1, 0.15) is 11.6 Å². The summed E-state index contributed by atoms with van der Waals surface area (Å²) in [6, 6.07) is 11.7. The molecule has 1 aromatic heterocycles. The summed E-state index contributed by atoms with van der Waals surface area (Å²) >= 11 is 0. The molecule has 5 nitrogen and oxygen atoms in total. The maximum absolute atomic E-state index is 9.22. The van der Waals surface area contributed by atoms with Crippen molar-refractivity contribution in [1.82, 2.24) is 9.97 Å². The second-order valence-electron chi connectivity index (χ2n) is 5.45. The average molecular weight is 284 g/mol. The fraction of sp³-hybridized carbons (Fsp3) is 0.375.